The summed E-state index contributed by atoms with van der Waals surface area (Å²) in [7, 11) is 1.42. The summed E-state index contributed by atoms with van der Waals surface area (Å²) in [6.45, 7) is 3.33. The minimum atomic E-state index is -0.987. The Morgan fingerprint density at radius 2 is 2.24 bits per heavy atom. The molecule has 7 heteroatoms. The highest BCUT2D eigenvalue weighted by Crippen LogP contribution is 2.25. The van der Waals surface area contributed by atoms with E-state index in [1.165, 1.54) is 19.2 Å². The Balaban J connectivity index is 2.97. The van der Waals surface area contributed by atoms with E-state index in [1.807, 2.05) is 0 Å². The lowest BCUT2D eigenvalue weighted by Crippen LogP contribution is -2.29. The molecule has 0 bridgehead atoms. The number of nitro groups is 1. The number of nitrogens with one attached hydrogen (secondary N) is 1. The normalized spacial score (nSPS) is 11.1. The standard InChI is InChI=1S/C10H15N3O4/c1-10(2,14)6-11-9-7(13(15)16)4-5-8(12-9)17-3/h4-5,14H,6H2,1-3H3,(H,11,12). The van der Waals surface area contributed by atoms with Gasteiger partial charge in [-0.15, -0.1) is 0 Å². The summed E-state index contributed by atoms with van der Waals surface area (Å²) in [6, 6.07) is 2.71. The molecule has 0 aliphatic carbocycles. The van der Waals surface area contributed by atoms with E-state index in [1.54, 1.807) is 13.8 Å². The van der Waals surface area contributed by atoms with E-state index in [9.17, 15) is 15.2 Å². The molecule has 1 aromatic rings. The summed E-state index contributed by atoms with van der Waals surface area (Å²) in [5, 5.41) is 23.0. The van der Waals surface area contributed by atoms with Gasteiger partial charge in [0.2, 0.25) is 11.7 Å². The summed E-state index contributed by atoms with van der Waals surface area (Å²) in [5.74, 6) is 0.352. The van der Waals surface area contributed by atoms with Crippen LogP contribution >= 0.6 is 0 Å². The number of anilines is 1. The third-order valence-corrected chi connectivity index (χ3v) is 1.94. The first-order chi connectivity index (χ1) is 7.83. The third-order valence-electron chi connectivity index (χ3n) is 1.94. The average molecular weight is 241 g/mol. The van der Waals surface area contributed by atoms with E-state index in [-0.39, 0.29) is 23.9 Å². The Bertz CT molecular complexity index is 415. The summed E-state index contributed by atoms with van der Waals surface area (Å²) < 4.78 is 4.89. The van der Waals surface area contributed by atoms with Crippen molar-refractivity contribution in [2.24, 2.45) is 0 Å². The highest BCUT2D eigenvalue weighted by Gasteiger charge is 2.19. The van der Waals surface area contributed by atoms with Crippen molar-refractivity contribution in [1.29, 1.82) is 0 Å². The van der Waals surface area contributed by atoms with Crippen LogP contribution in [0.5, 0.6) is 5.88 Å². The number of pyridine rings is 1. The molecule has 0 atom stereocenters. The molecular formula is C10H15N3O4. The van der Waals surface area contributed by atoms with E-state index in [0.717, 1.165) is 0 Å². The van der Waals surface area contributed by atoms with Crippen molar-refractivity contribution >= 4 is 11.5 Å². The topological polar surface area (TPSA) is 97.5 Å². The molecule has 0 fully saturated rings. The Morgan fingerprint density at radius 1 is 1.59 bits per heavy atom. The van der Waals surface area contributed by atoms with Gasteiger partial charge in [-0.3, -0.25) is 10.1 Å². The Hall–Kier alpha value is -1.89. The minimum absolute atomic E-state index is 0.0801. The third kappa shape index (κ3) is 3.87. The SMILES string of the molecule is COc1ccc([N+](=O)[O-])c(NCC(C)(C)O)n1. The molecule has 0 spiro atoms. The monoisotopic (exact) mass is 241 g/mol. The summed E-state index contributed by atoms with van der Waals surface area (Å²) in [5.41, 5.74) is -1.14. The lowest BCUT2D eigenvalue weighted by atomic mass is 10.1. The fourth-order valence-corrected chi connectivity index (χ4v) is 1.13. The van der Waals surface area contributed by atoms with Crippen LogP contribution in [-0.2, 0) is 0 Å². The summed E-state index contributed by atoms with van der Waals surface area (Å²) in [4.78, 5) is 14.2. The smallest absolute Gasteiger partial charge is 0.311 e. The van der Waals surface area contributed by atoms with E-state index in [0.29, 0.717) is 0 Å². The van der Waals surface area contributed by atoms with Gasteiger partial charge in [-0.2, -0.15) is 4.98 Å². The first-order valence-corrected chi connectivity index (χ1v) is 4.99. The van der Waals surface area contributed by atoms with Crippen LogP contribution in [0.2, 0.25) is 0 Å². The Morgan fingerprint density at radius 3 is 2.71 bits per heavy atom. The number of ether oxygens (including phenoxy) is 1. The second-order valence-corrected chi connectivity index (χ2v) is 4.14. The fraction of sp³-hybridized carbons (Fsp3) is 0.500. The first-order valence-electron chi connectivity index (χ1n) is 4.99. The highest BCUT2D eigenvalue weighted by atomic mass is 16.6. The Kier molecular flexibility index (Phi) is 3.84. The van der Waals surface area contributed by atoms with Gasteiger partial charge in [0.05, 0.1) is 17.6 Å². The van der Waals surface area contributed by atoms with Crippen LogP contribution in [0.1, 0.15) is 13.8 Å². The molecule has 0 aromatic carbocycles. The summed E-state index contributed by atoms with van der Waals surface area (Å²) in [6.07, 6.45) is 0. The van der Waals surface area contributed by atoms with E-state index < -0.39 is 10.5 Å². The number of aromatic nitrogens is 1. The van der Waals surface area contributed by atoms with Crippen molar-refractivity contribution in [1.82, 2.24) is 4.98 Å². The molecule has 7 nitrogen and oxygen atoms in total. The number of rotatable bonds is 5. The van der Waals surface area contributed by atoms with Crippen LogP contribution in [0, 0.1) is 10.1 Å². The van der Waals surface area contributed by atoms with Crippen molar-refractivity contribution in [3.05, 3.63) is 22.2 Å². The number of aliphatic hydroxyl groups is 1. The van der Waals surface area contributed by atoms with E-state index >= 15 is 0 Å². The summed E-state index contributed by atoms with van der Waals surface area (Å²) >= 11 is 0. The molecule has 94 valence electrons. The first kappa shape index (κ1) is 13.2. The maximum Gasteiger partial charge on any atom is 0.311 e. The zero-order valence-corrected chi connectivity index (χ0v) is 9.93. The number of methoxy groups -OCH3 is 1. The predicted octanol–water partition coefficient (Wildman–Crippen LogP) is 1.18. The van der Waals surface area contributed by atoms with Gasteiger partial charge in [-0.1, -0.05) is 0 Å². The second kappa shape index (κ2) is 4.96. The van der Waals surface area contributed by atoms with Crippen molar-refractivity contribution in [2.75, 3.05) is 19.0 Å². The maximum atomic E-state index is 10.8. The van der Waals surface area contributed by atoms with Gasteiger partial charge in [0.25, 0.3) is 0 Å². The molecule has 0 saturated heterocycles. The molecule has 1 heterocycles. The highest BCUT2D eigenvalue weighted by molar-refractivity contribution is 5.57. The zero-order valence-electron chi connectivity index (χ0n) is 9.93. The fourth-order valence-electron chi connectivity index (χ4n) is 1.13. The molecule has 0 unspecified atom stereocenters. The Labute approximate surface area is 98.6 Å². The molecule has 1 aromatic heterocycles. The van der Waals surface area contributed by atoms with Gasteiger partial charge in [0.15, 0.2) is 0 Å². The maximum absolute atomic E-state index is 10.8. The number of nitrogens with zero attached hydrogens (tertiary/aromatic N) is 2. The average Bonchev–Trinajstić information content (AvgIpc) is 2.24. The van der Waals surface area contributed by atoms with Crippen molar-refractivity contribution in [3.8, 4) is 5.88 Å². The molecule has 0 aliphatic heterocycles. The van der Waals surface area contributed by atoms with Crippen molar-refractivity contribution < 1.29 is 14.8 Å². The van der Waals surface area contributed by atoms with Crippen LogP contribution in [-0.4, -0.2) is 34.3 Å². The van der Waals surface area contributed by atoms with Gasteiger partial charge in [0.1, 0.15) is 0 Å². The van der Waals surface area contributed by atoms with Gasteiger partial charge in [-0.25, -0.2) is 0 Å². The molecular weight excluding hydrogens is 226 g/mol. The van der Waals surface area contributed by atoms with Gasteiger partial charge in [0, 0.05) is 18.7 Å². The quantitative estimate of drug-likeness (QED) is 0.593. The minimum Gasteiger partial charge on any atom is -0.481 e. The van der Waals surface area contributed by atoms with Gasteiger partial charge in [-0.05, 0) is 13.8 Å². The van der Waals surface area contributed by atoms with E-state index in [4.69, 9.17) is 4.74 Å². The predicted molar refractivity (Wildman–Crippen MR) is 62.2 cm³/mol. The van der Waals surface area contributed by atoms with Gasteiger partial charge >= 0.3 is 5.69 Å². The largest absolute Gasteiger partial charge is 0.481 e. The zero-order chi connectivity index (χ0) is 13.1. The van der Waals surface area contributed by atoms with Crippen LogP contribution < -0.4 is 10.1 Å². The molecule has 1 rings (SSSR count). The molecule has 0 aliphatic rings. The van der Waals surface area contributed by atoms with Crippen LogP contribution in [0.4, 0.5) is 11.5 Å². The molecule has 2 N–H and O–H groups in total. The van der Waals surface area contributed by atoms with Crippen molar-refractivity contribution in [3.63, 3.8) is 0 Å². The van der Waals surface area contributed by atoms with E-state index in [2.05, 4.69) is 10.3 Å². The molecule has 0 amide bonds. The van der Waals surface area contributed by atoms with Crippen LogP contribution in [0.3, 0.4) is 0 Å². The van der Waals surface area contributed by atoms with Crippen LogP contribution in [0.15, 0.2) is 12.1 Å². The molecule has 0 radical (unpaired) electrons. The lowest BCUT2D eigenvalue weighted by molar-refractivity contribution is -0.384. The molecule has 17 heavy (non-hydrogen) atoms. The van der Waals surface area contributed by atoms with Crippen molar-refractivity contribution in [2.45, 2.75) is 19.4 Å². The lowest BCUT2D eigenvalue weighted by Gasteiger charge is -2.18. The van der Waals surface area contributed by atoms with Gasteiger partial charge < -0.3 is 15.2 Å². The second-order valence-electron chi connectivity index (χ2n) is 4.14. The molecule has 0 saturated carbocycles. The number of hydrogen-bond acceptors (Lipinski definition) is 6. The number of hydrogen-bond donors (Lipinski definition) is 2. The van der Waals surface area contributed by atoms with Crippen LogP contribution in [0.25, 0.3) is 0 Å².